The fraction of sp³-hybridized carbons (Fsp3) is 0.667. The predicted molar refractivity (Wildman–Crippen MR) is 60.6 cm³/mol. The minimum Gasteiger partial charge on any atom is -0.391 e. The van der Waals surface area contributed by atoms with Gasteiger partial charge < -0.3 is 5.11 Å². The monoisotopic (exact) mass is 225 g/mol. The van der Waals surface area contributed by atoms with Crippen LogP contribution in [-0.4, -0.2) is 34.5 Å². The first-order valence-electron chi connectivity index (χ1n) is 5.73. The van der Waals surface area contributed by atoms with Crippen LogP contribution in [0, 0.1) is 5.92 Å². The average Bonchev–Trinajstić information content (AvgIpc) is 2.47. The molecule has 0 aromatic carbocycles. The number of hydrogen-bond donors (Lipinski definition) is 1. The van der Waals surface area contributed by atoms with Gasteiger partial charge in [-0.3, -0.25) is 14.5 Å². The fourth-order valence-corrected chi connectivity index (χ4v) is 1.98. The molecule has 0 saturated carbocycles. The zero-order valence-corrected chi connectivity index (χ0v) is 10.1. The van der Waals surface area contributed by atoms with Gasteiger partial charge >= 0.3 is 0 Å². The van der Waals surface area contributed by atoms with Crippen molar-refractivity contribution in [3.63, 3.8) is 0 Å². The Bertz CT molecular complexity index is 318. The second kappa shape index (κ2) is 5.25. The summed E-state index contributed by atoms with van der Waals surface area (Å²) < 4.78 is 0. The minimum absolute atomic E-state index is 0.109. The summed E-state index contributed by atoms with van der Waals surface area (Å²) in [6.45, 7) is 5.71. The molecule has 16 heavy (non-hydrogen) atoms. The maximum absolute atomic E-state index is 11.6. The molecule has 90 valence electrons. The van der Waals surface area contributed by atoms with E-state index in [1.807, 2.05) is 13.8 Å². The summed E-state index contributed by atoms with van der Waals surface area (Å²) in [5, 5.41) is 9.92. The summed E-state index contributed by atoms with van der Waals surface area (Å²) in [5.74, 6) is -0.455. The zero-order valence-electron chi connectivity index (χ0n) is 10.1. The van der Waals surface area contributed by atoms with E-state index in [1.165, 1.54) is 6.08 Å². The van der Waals surface area contributed by atoms with Crippen LogP contribution < -0.4 is 0 Å². The Morgan fingerprint density at radius 1 is 1.31 bits per heavy atom. The summed E-state index contributed by atoms with van der Waals surface area (Å²) in [6, 6.07) is 0. The van der Waals surface area contributed by atoms with Crippen LogP contribution in [0.3, 0.4) is 0 Å². The highest BCUT2D eigenvalue weighted by Crippen LogP contribution is 2.18. The van der Waals surface area contributed by atoms with Gasteiger partial charge in [-0.25, -0.2) is 0 Å². The molecule has 4 heteroatoms. The molecule has 0 radical (unpaired) electrons. The van der Waals surface area contributed by atoms with Crippen LogP contribution in [0.25, 0.3) is 0 Å². The standard InChI is InChI=1S/C12H19NO3/c1-4-9(5-2)10(14)7-13-11(15)6-8(3)12(13)16/h6,9-10,14H,4-5,7H2,1-3H3. The SMILES string of the molecule is CCC(CC)C(O)CN1C(=O)C=C(C)C1=O. The van der Waals surface area contributed by atoms with Crippen LogP contribution in [0.2, 0.25) is 0 Å². The van der Waals surface area contributed by atoms with Crippen LogP contribution in [0.15, 0.2) is 11.6 Å². The highest BCUT2D eigenvalue weighted by atomic mass is 16.3. The average molecular weight is 225 g/mol. The van der Waals surface area contributed by atoms with E-state index in [0.717, 1.165) is 17.7 Å². The van der Waals surface area contributed by atoms with Gasteiger partial charge in [0.1, 0.15) is 0 Å². The maximum atomic E-state index is 11.6. The lowest BCUT2D eigenvalue weighted by Gasteiger charge is -2.24. The Kier molecular flexibility index (Phi) is 4.24. The molecule has 0 aromatic heterocycles. The van der Waals surface area contributed by atoms with E-state index in [9.17, 15) is 14.7 Å². The van der Waals surface area contributed by atoms with E-state index in [0.29, 0.717) is 5.57 Å². The Morgan fingerprint density at radius 2 is 1.88 bits per heavy atom. The van der Waals surface area contributed by atoms with Crippen molar-refractivity contribution < 1.29 is 14.7 Å². The first-order chi connectivity index (χ1) is 7.51. The maximum Gasteiger partial charge on any atom is 0.256 e. The number of aliphatic hydroxyl groups excluding tert-OH is 1. The molecule has 0 bridgehead atoms. The van der Waals surface area contributed by atoms with Gasteiger partial charge in [0.15, 0.2) is 0 Å². The molecule has 1 aliphatic heterocycles. The number of imide groups is 1. The summed E-state index contributed by atoms with van der Waals surface area (Å²) in [6.07, 6.45) is 2.39. The van der Waals surface area contributed by atoms with E-state index >= 15 is 0 Å². The van der Waals surface area contributed by atoms with Gasteiger partial charge in [-0.15, -0.1) is 0 Å². The van der Waals surface area contributed by atoms with E-state index in [2.05, 4.69) is 0 Å². The van der Waals surface area contributed by atoms with Crippen LogP contribution in [0.1, 0.15) is 33.6 Å². The third-order valence-electron chi connectivity index (χ3n) is 3.15. The Hall–Kier alpha value is -1.16. The van der Waals surface area contributed by atoms with Crippen molar-refractivity contribution in [3.05, 3.63) is 11.6 Å². The zero-order chi connectivity index (χ0) is 12.3. The molecular weight excluding hydrogens is 206 g/mol. The van der Waals surface area contributed by atoms with E-state index in [4.69, 9.17) is 0 Å². The topological polar surface area (TPSA) is 57.6 Å². The van der Waals surface area contributed by atoms with Crippen LogP contribution >= 0.6 is 0 Å². The number of hydrogen-bond acceptors (Lipinski definition) is 3. The second-order valence-corrected chi connectivity index (χ2v) is 4.23. The number of aliphatic hydroxyl groups is 1. The Morgan fingerprint density at radius 3 is 2.25 bits per heavy atom. The number of carbonyl (C=O) groups is 2. The quantitative estimate of drug-likeness (QED) is 0.713. The highest BCUT2D eigenvalue weighted by Gasteiger charge is 2.31. The molecule has 0 aliphatic carbocycles. The molecule has 1 atom stereocenters. The largest absolute Gasteiger partial charge is 0.391 e. The number of amides is 2. The number of carbonyl (C=O) groups excluding carboxylic acids is 2. The van der Waals surface area contributed by atoms with E-state index < -0.39 is 6.10 Å². The molecule has 1 aliphatic rings. The van der Waals surface area contributed by atoms with Crippen molar-refractivity contribution in [2.45, 2.75) is 39.7 Å². The van der Waals surface area contributed by atoms with Crippen molar-refractivity contribution in [1.29, 1.82) is 0 Å². The van der Waals surface area contributed by atoms with Crippen molar-refractivity contribution in [2.24, 2.45) is 5.92 Å². The molecule has 0 spiro atoms. The molecule has 2 amide bonds. The summed E-state index contributed by atoms with van der Waals surface area (Å²) >= 11 is 0. The lowest BCUT2D eigenvalue weighted by molar-refractivity contribution is -0.139. The molecule has 1 unspecified atom stereocenters. The molecule has 1 rings (SSSR count). The van der Waals surface area contributed by atoms with Gasteiger partial charge in [-0.2, -0.15) is 0 Å². The van der Waals surface area contributed by atoms with Crippen molar-refractivity contribution in [2.75, 3.05) is 6.54 Å². The molecule has 1 N–H and O–H groups in total. The van der Waals surface area contributed by atoms with Crippen LogP contribution in [0.5, 0.6) is 0 Å². The summed E-state index contributed by atoms with van der Waals surface area (Å²) in [4.78, 5) is 24.1. The van der Waals surface area contributed by atoms with E-state index in [-0.39, 0.29) is 24.3 Å². The summed E-state index contributed by atoms with van der Waals surface area (Å²) in [7, 11) is 0. The number of nitrogens with zero attached hydrogens (tertiary/aromatic N) is 1. The lowest BCUT2D eigenvalue weighted by Crippen LogP contribution is -2.40. The smallest absolute Gasteiger partial charge is 0.256 e. The fourth-order valence-electron chi connectivity index (χ4n) is 1.98. The second-order valence-electron chi connectivity index (χ2n) is 4.23. The normalized spacial score (nSPS) is 18.3. The first kappa shape index (κ1) is 12.9. The van der Waals surface area contributed by atoms with E-state index in [1.54, 1.807) is 6.92 Å². The molecule has 4 nitrogen and oxygen atoms in total. The van der Waals surface area contributed by atoms with Crippen LogP contribution in [-0.2, 0) is 9.59 Å². The van der Waals surface area contributed by atoms with Gasteiger partial charge in [0.25, 0.3) is 11.8 Å². The summed E-state index contributed by atoms with van der Waals surface area (Å²) in [5.41, 5.74) is 0.446. The lowest BCUT2D eigenvalue weighted by atomic mass is 9.96. The Labute approximate surface area is 95.9 Å². The van der Waals surface area contributed by atoms with Crippen molar-refractivity contribution in [3.8, 4) is 0 Å². The molecule has 1 heterocycles. The van der Waals surface area contributed by atoms with Crippen molar-refractivity contribution in [1.82, 2.24) is 4.90 Å². The van der Waals surface area contributed by atoms with Gasteiger partial charge in [0, 0.05) is 11.6 Å². The number of β-amino-alcohol motifs (C(OH)–C–C–N with tert-alkyl or cyclic N) is 1. The van der Waals surface area contributed by atoms with Crippen molar-refractivity contribution >= 4 is 11.8 Å². The van der Waals surface area contributed by atoms with Gasteiger partial charge in [0.05, 0.1) is 12.6 Å². The number of rotatable bonds is 5. The van der Waals surface area contributed by atoms with Gasteiger partial charge in [-0.1, -0.05) is 26.7 Å². The molecule has 0 aromatic rings. The Balaban J connectivity index is 2.62. The molecule has 0 fully saturated rings. The molecule has 0 saturated heterocycles. The van der Waals surface area contributed by atoms with Gasteiger partial charge in [0.2, 0.25) is 0 Å². The van der Waals surface area contributed by atoms with Crippen LogP contribution in [0.4, 0.5) is 0 Å². The third kappa shape index (κ3) is 2.50. The molecular formula is C12H19NO3. The predicted octanol–water partition coefficient (Wildman–Crippen LogP) is 1.10. The third-order valence-corrected chi connectivity index (χ3v) is 3.15. The first-order valence-corrected chi connectivity index (χ1v) is 5.73. The van der Waals surface area contributed by atoms with Gasteiger partial charge in [-0.05, 0) is 12.8 Å². The minimum atomic E-state index is -0.623. The highest BCUT2D eigenvalue weighted by molar-refractivity contribution is 6.15.